The summed E-state index contributed by atoms with van der Waals surface area (Å²) in [5.41, 5.74) is 4.50. The van der Waals surface area contributed by atoms with E-state index in [-0.39, 0.29) is 10.9 Å². The van der Waals surface area contributed by atoms with Crippen molar-refractivity contribution in [3.05, 3.63) is 89.3 Å². The molecular weight excluding hydrogens is 432 g/mol. The van der Waals surface area contributed by atoms with Crippen LogP contribution in [0.25, 0.3) is 22.4 Å². The number of nitrogens with one attached hydrogen (secondary N) is 2. The molecule has 0 aliphatic heterocycles. The number of hydrogen-bond donors (Lipinski definition) is 2. The third kappa shape index (κ3) is 5.32. The molecule has 4 rings (SSSR count). The summed E-state index contributed by atoms with van der Waals surface area (Å²) in [7, 11) is 0. The molecule has 6 nitrogen and oxygen atoms in total. The number of anilines is 2. The number of rotatable bonds is 9. The molecule has 0 aliphatic carbocycles. The number of benzene rings is 3. The number of carbonyl (C=O) groups is 1. The minimum absolute atomic E-state index is 0.232. The fourth-order valence-corrected chi connectivity index (χ4v) is 4.26. The van der Waals surface area contributed by atoms with Crippen LogP contribution < -0.4 is 10.6 Å². The van der Waals surface area contributed by atoms with Gasteiger partial charge in [0, 0.05) is 23.4 Å². The van der Waals surface area contributed by atoms with Gasteiger partial charge < -0.3 is 5.32 Å². The van der Waals surface area contributed by atoms with E-state index in [1.807, 2.05) is 78.9 Å². The van der Waals surface area contributed by atoms with Crippen LogP contribution in [-0.2, 0) is 0 Å². The van der Waals surface area contributed by atoms with Crippen molar-refractivity contribution in [2.45, 2.75) is 19.8 Å². The van der Waals surface area contributed by atoms with E-state index in [1.54, 1.807) is 0 Å². The normalized spacial score (nSPS) is 10.6. The highest BCUT2D eigenvalue weighted by molar-refractivity contribution is 7.19. The Balaban J connectivity index is 1.64. The Morgan fingerprint density at radius 3 is 2.33 bits per heavy atom. The lowest BCUT2D eigenvalue weighted by Gasteiger charge is -2.13. The first-order valence-electron chi connectivity index (χ1n) is 10.8. The topological polar surface area (TPSA) is 83.4 Å². The van der Waals surface area contributed by atoms with Gasteiger partial charge in [-0.15, -0.1) is 4.91 Å². The molecule has 0 atom stereocenters. The maximum Gasteiger partial charge on any atom is 0.258 e. The fraction of sp³-hybridized carbons (Fsp3) is 0.154. The second kappa shape index (κ2) is 10.7. The van der Waals surface area contributed by atoms with Crippen molar-refractivity contribution in [2.24, 2.45) is 5.18 Å². The van der Waals surface area contributed by atoms with Gasteiger partial charge in [-0.1, -0.05) is 85.3 Å². The molecule has 2 N–H and O–H groups in total. The smallest absolute Gasteiger partial charge is 0.258 e. The zero-order valence-electron chi connectivity index (χ0n) is 18.2. The van der Waals surface area contributed by atoms with E-state index in [2.05, 4.69) is 27.7 Å². The van der Waals surface area contributed by atoms with Gasteiger partial charge in [0.1, 0.15) is 5.69 Å². The lowest BCUT2D eigenvalue weighted by molar-refractivity contribution is 0.102. The predicted octanol–water partition coefficient (Wildman–Crippen LogP) is 7.34. The number of amides is 1. The van der Waals surface area contributed by atoms with E-state index >= 15 is 0 Å². The second-order valence-electron chi connectivity index (χ2n) is 7.49. The quantitative estimate of drug-likeness (QED) is 0.204. The van der Waals surface area contributed by atoms with Gasteiger partial charge >= 0.3 is 0 Å². The van der Waals surface area contributed by atoms with Gasteiger partial charge in [-0.2, -0.15) is 0 Å². The zero-order valence-corrected chi connectivity index (χ0v) is 19.1. The Labute approximate surface area is 196 Å². The molecule has 33 heavy (non-hydrogen) atoms. The lowest BCUT2D eigenvalue weighted by atomic mass is 9.98. The van der Waals surface area contributed by atoms with E-state index in [0.29, 0.717) is 16.4 Å². The molecule has 166 valence electrons. The summed E-state index contributed by atoms with van der Waals surface area (Å²) in [6.07, 6.45) is 2.18. The summed E-state index contributed by atoms with van der Waals surface area (Å²) in [6.45, 7) is 3.02. The third-order valence-electron chi connectivity index (χ3n) is 5.17. The van der Waals surface area contributed by atoms with Crippen LogP contribution in [0.3, 0.4) is 0 Å². The molecule has 0 spiro atoms. The lowest BCUT2D eigenvalue weighted by Crippen LogP contribution is -2.13. The van der Waals surface area contributed by atoms with Crippen molar-refractivity contribution in [1.29, 1.82) is 0 Å². The molecule has 3 aromatic carbocycles. The van der Waals surface area contributed by atoms with Crippen LogP contribution in [0.2, 0.25) is 0 Å². The van der Waals surface area contributed by atoms with Crippen LogP contribution >= 0.6 is 11.3 Å². The summed E-state index contributed by atoms with van der Waals surface area (Å²) >= 11 is 1.06. The Morgan fingerprint density at radius 1 is 0.970 bits per heavy atom. The van der Waals surface area contributed by atoms with Crippen molar-refractivity contribution >= 4 is 33.1 Å². The van der Waals surface area contributed by atoms with Crippen LogP contribution in [0, 0.1) is 4.91 Å². The summed E-state index contributed by atoms with van der Waals surface area (Å²) in [6, 6.07) is 24.8. The second-order valence-corrected chi connectivity index (χ2v) is 8.47. The molecule has 0 saturated carbocycles. The predicted molar refractivity (Wildman–Crippen MR) is 136 cm³/mol. The molecule has 1 heterocycles. The zero-order chi connectivity index (χ0) is 23.0. The van der Waals surface area contributed by atoms with Crippen LogP contribution in [-0.4, -0.2) is 17.4 Å². The Bertz CT molecular complexity index is 1240. The van der Waals surface area contributed by atoms with E-state index in [1.165, 1.54) is 0 Å². The number of aromatic nitrogens is 1. The number of nitroso groups, excluding NO2 is 1. The minimum atomic E-state index is -0.292. The molecule has 0 fully saturated rings. The standard InChI is InChI=1S/C26H24N4O2S/c1-2-3-16-27-20-14-15-21(22(17-20)18-10-6-4-7-11-18)24(31)29-26-28-23(25(30-32)33-26)19-12-8-5-9-13-19/h4-15,17,27H,2-3,16H2,1H3,(H,28,29,31). The van der Waals surface area contributed by atoms with Crippen LogP contribution in [0.1, 0.15) is 30.1 Å². The Hall–Kier alpha value is -3.84. The van der Waals surface area contributed by atoms with Gasteiger partial charge in [-0.3, -0.25) is 10.1 Å². The Morgan fingerprint density at radius 2 is 1.67 bits per heavy atom. The van der Waals surface area contributed by atoms with Gasteiger partial charge in [-0.25, -0.2) is 4.98 Å². The summed E-state index contributed by atoms with van der Waals surface area (Å²) < 4.78 is 0. The summed E-state index contributed by atoms with van der Waals surface area (Å²) in [5.74, 6) is -0.292. The average molecular weight is 457 g/mol. The minimum Gasteiger partial charge on any atom is -0.385 e. The number of hydrogen-bond acceptors (Lipinski definition) is 6. The van der Waals surface area contributed by atoms with Gasteiger partial charge in [0.05, 0.1) is 0 Å². The van der Waals surface area contributed by atoms with E-state index < -0.39 is 0 Å². The fourth-order valence-electron chi connectivity index (χ4n) is 3.49. The maximum atomic E-state index is 13.3. The highest BCUT2D eigenvalue weighted by atomic mass is 32.1. The molecule has 1 aromatic heterocycles. The van der Waals surface area contributed by atoms with Crippen molar-refractivity contribution in [2.75, 3.05) is 17.2 Å². The van der Waals surface area contributed by atoms with Gasteiger partial charge in [0.25, 0.3) is 5.91 Å². The third-order valence-corrected chi connectivity index (χ3v) is 6.02. The summed E-state index contributed by atoms with van der Waals surface area (Å²) in [4.78, 5) is 29.1. The Kier molecular flexibility index (Phi) is 7.22. The molecule has 0 unspecified atom stereocenters. The average Bonchev–Trinajstić information content (AvgIpc) is 3.28. The maximum absolute atomic E-state index is 13.3. The van der Waals surface area contributed by atoms with Gasteiger partial charge in [-0.05, 0) is 40.9 Å². The first-order chi connectivity index (χ1) is 16.2. The first-order valence-corrected chi connectivity index (χ1v) is 11.7. The SMILES string of the molecule is CCCCNc1ccc(C(=O)Nc2nc(-c3ccccc3)c(N=O)s2)c(-c2ccccc2)c1. The van der Waals surface area contributed by atoms with Crippen molar-refractivity contribution < 1.29 is 4.79 Å². The van der Waals surface area contributed by atoms with Gasteiger partial charge in [0.15, 0.2) is 10.1 Å². The molecule has 1 amide bonds. The number of nitrogens with zero attached hydrogens (tertiary/aromatic N) is 2. The first kappa shape index (κ1) is 22.4. The number of carbonyl (C=O) groups excluding carboxylic acids is 1. The van der Waals surface area contributed by atoms with Gasteiger partial charge in [0.2, 0.25) is 0 Å². The van der Waals surface area contributed by atoms with Crippen molar-refractivity contribution in [3.8, 4) is 22.4 Å². The molecule has 0 bridgehead atoms. The molecule has 7 heteroatoms. The van der Waals surface area contributed by atoms with Crippen LogP contribution in [0.5, 0.6) is 0 Å². The van der Waals surface area contributed by atoms with Crippen LogP contribution in [0.15, 0.2) is 84.0 Å². The largest absolute Gasteiger partial charge is 0.385 e. The van der Waals surface area contributed by atoms with Crippen molar-refractivity contribution in [3.63, 3.8) is 0 Å². The van der Waals surface area contributed by atoms with Crippen LogP contribution in [0.4, 0.5) is 15.8 Å². The molecule has 0 saturated heterocycles. The monoisotopic (exact) mass is 456 g/mol. The highest BCUT2D eigenvalue weighted by Gasteiger charge is 2.19. The van der Waals surface area contributed by atoms with E-state index in [4.69, 9.17) is 0 Å². The number of unbranched alkanes of at least 4 members (excludes halogenated alkanes) is 1. The summed E-state index contributed by atoms with van der Waals surface area (Å²) in [5, 5.41) is 9.94. The molecule has 0 aliphatic rings. The molecule has 0 radical (unpaired) electrons. The van der Waals surface area contributed by atoms with E-state index in [9.17, 15) is 9.70 Å². The van der Waals surface area contributed by atoms with E-state index in [0.717, 1.165) is 53.1 Å². The number of thiazole rings is 1. The van der Waals surface area contributed by atoms with Crippen molar-refractivity contribution in [1.82, 2.24) is 4.98 Å². The molecule has 4 aromatic rings. The highest BCUT2D eigenvalue weighted by Crippen LogP contribution is 2.38. The molecular formula is C26H24N4O2S.